The average Bonchev–Trinajstić information content (AvgIpc) is 3.48. The van der Waals surface area contributed by atoms with Crippen molar-refractivity contribution in [2.24, 2.45) is 0 Å². The van der Waals surface area contributed by atoms with Crippen molar-refractivity contribution in [1.29, 1.82) is 0 Å². The van der Waals surface area contributed by atoms with Crippen LogP contribution in [0, 0.1) is 0 Å². The molecule has 2 aromatic heterocycles. The Balaban J connectivity index is 1.12. The van der Waals surface area contributed by atoms with Crippen molar-refractivity contribution < 1.29 is 31.2 Å². The first kappa shape index (κ1) is 30.9. The Hall–Kier alpha value is -4.59. The summed E-state index contributed by atoms with van der Waals surface area (Å²) in [4.78, 5) is 8.32. The van der Waals surface area contributed by atoms with E-state index in [1.54, 1.807) is 42.7 Å². The molecule has 3 aromatic carbocycles. The van der Waals surface area contributed by atoms with Crippen LogP contribution in [-0.2, 0) is 29.0 Å². The van der Waals surface area contributed by atoms with Crippen LogP contribution in [0.1, 0.15) is 34.2 Å². The molecular formula is C31H28F3N5O4S. The Morgan fingerprint density at radius 3 is 2.27 bits per heavy atom. The Morgan fingerprint density at radius 2 is 1.61 bits per heavy atom. The summed E-state index contributed by atoms with van der Waals surface area (Å²) in [5.74, 6) is 0.431. The van der Waals surface area contributed by atoms with Gasteiger partial charge in [0.25, 0.3) is 10.0 Å². The minimum atomic E-state index is -4.41. The van der Waals surface area contributed by atoms with Crippen LogP contribution in [0.5, 0.6) is 0 Å². The molecule has 1 atom stereocenters. The lowest BCUT2D eigenvalue weighted by atomic mass is 10.1. The van der Waals surface area contributed by atoms with Crippen molar-refractivity contribution in [2.75, 3.05) is 17.8 Å². The highest BCUT2D eigenvalue weighted by molar-refractivity contribution is 7.92. The third-order valence-corrected chi connectivity index (χ3v) is 8.13. The number of rotatable bonds is 12. The lowest BCUT2D eigenvalue weighted by molar-refractivity contribution is -0.137. The van der Waals surface area contributed by atoms with Crippen molar-refractivity contribution in [2.45, 2.75) is 30.0 Å². The first-order valence-corrected chi connectivity index (χ1v) is 15.0. The molecule has 44 heavy (non-hydrogen) atoms. The van der Waals surface area contributed by atoms with Crippen LogP contribution in [-0.4, -0.2) is 41.7 Å². The maximum absolute atomic E-state index is 12.9. The molecule has 5 aromatic rings. The third-order valence-electron chi connectivity index (χ3n) is 6.73. The smallest absolute Gasteiger partial charge is 0.387 e. The summed E-state index contributed by atoms with van der Waals surface area (Å²) in [5, 5.41) is 17.3. The lowest BCUT2D eigenvalue weighted by Crippen LogP contribution is -2.23. The number of aliphatic hydroxyl groups excluding tert-OH is 1. The molecule has 0 bridgehead atoms. The van der Waals surface area contributed by atoms with Crippen molar-refractivity contribution in [3.05, 3.63) is 125 Å². The molecule has 13 heteroatoms. The molecule has 0 aliphatic carbocycles. The molecule has 0 saturated carbocycles. The van der Waals surface area contributed by atoms with Crippen LogP contribution in [0.15, 0.2) is 107 Å². The van der Waals surface area contributed by atoms with Crippen molar-refractivity contribution in [1.82, 2.24) is 20.4 Å². The van der Waals surface area contributed by atoms with Gasteiger partial charge in [-0.2, -0.15) is 18.2 Å². The van der Waals surface area contributed by atoms with Gasteiger partial charge < -0.3 is 14.9 Å². The summed E-state index contributed by atoms with van der Waals surface area (Å²) in [7, 11) is -3.87. The predicted octanol–water partition coefficient (Wildman–Crippen LogP) is 5.41. The van der Waals surface area contributed by atoms with Gasteiger partial charge in [0, 0.05) is 35.8 Å². The van der Waals surface area contributed by atoms with E-state index in [-0.39, 0.29) is 23.0 Å². The van der Waals surface area contributed by atoms with Crippen LogP contribution >= 0.6 is 0 Å². The first-order valence-electron chi connectivity index (χ1n) is 13.6. The number of benzene rings is 3. The molecule has 2 heterocycles. The molecule has 0 aliphatic rings. The highest BCUT2D eigenvalue weighted by Crippen LogP contribution is 2.29. The minimum Gasteiger partial charge on any atom is -0.387 e. The van der Waals surface area contributed by atoms with Gasteiger partial charge in [0.2, 0.25) is 11.7 Å². The van der Waals surface area contributed by atoms with E-state index in [9.17, 15) is 26.7 Å². The van der Waals surface area contributed by atoms with Crippen molar-refractivity contribution >= 4 is 15.7 Å². The van der Waals surface area contributed by atoms with Gasteiger partial charge in [0.1, 0.15) is 0 Å². The maximum atomic E-state index is 12.9. The highest BCUT2D eigenvalue weighted by Gasteiger charge is 2.30. The number of hydrogen-bond donors (Lipinski definition) is 3. The fraction of sp³-hybridized carbons (Fsp3) is 0.194. The van der Waals surface area contributed by atoms with E-state index in [4.69, 9.17) is 4.52 Å². The second-order valence-corrected chi connectivity index (χ2v) is 11.6. The second kappa shape index (κ2) is 13.4. The molecule has 5 rings (SSSR count). The van der Waals surface area contributed by atoms with Gasteiger partial charge in [0.15, 0.2) is 0 Å². The van der Waals surface area contributed by atoms with Gasteiger partial charge in [-0.1, -0.05) is 35.5 Å². The monoisotopic (exact) mass is 623 g/mol. The normalized spacial score (nSPS) is 12.6. The Bertz CT molecular complexity index is 1760. The molecule has 0 amide bonds. The number of anilines is 1. The van der Waals surface area contributed by atoms with Crippen LogP contribution in [0.2, 0.25) is 0 Å². The van der Waals surface area contributed by atoms with Crippen LogP contribution in [0.25, 0.3) is 11.4 Å². The number of nitrogens with one attached hydrogen (secondary N) is 2. The number of halogens is 3. The zero-order valence-electron chi connectivity index (χ0n) is 23.2. The largest absolute Gasteiger partial charge is 0.416 e. The molecule has 3 N–H and O–H groups in total. The number of aromatic nitrogens is 3. The van der Waals surface area contributed by atoms with Gasteiger partial charge in [-0.3, -0.25) is 9.71 Å². The quantitative estimate of drug-likeness (QED) is 0.157. The zero-order valence-corrected chi connectivity index (χ0v) is 24.0. The molecule has 9 nitrogen and oxygen atoms in total. The predicted molar refractivity (Wildman–Crippen MR) is 157 cm³/mol. The standard InChI is InChI=1S/C31H28F3N5O4S/c32-31(33,34)25-9-3-22(4-10-25)18-29-37-30(38-43-29)23-7-13-27(14-8-23)44(41,42)39-26-11-5-21(6-12-26)15-17-36-20-28(40)24-2-1-16-35-19-24/h1-14,16,19,28,36,39-40H,15,17-18,20H2/t28-/m0/s1. The summed E-state index contributed by atoms with van der Waals surface area (Å²) in [6.45, 7) is 1.02. The van der Waals surface area contributed by atoms with E-state index in [1.807, 2.05) is 18.2 Å². The van der Waals surface area contributed by atoms with Gasteiger partial charge in [-0.15, -0.1) is 0 Å². The Kier molecular flexibility index (Phi) is 9.37. The van der Waals surface area contributed by atoms with Gasteiger partial charge in [0.05, 0.1) is 23.0 Å². The number of sulfonamides is 1. The zero-order chi connectivity index (χ0) is 31.2. The molecule has 0 saturated heterocycles. The van der Waals surface area contributed by atoms with Crippen molar-refractivity contribution in [3.8, 4) is 11.4 Å². The topological polar surface area (TPSA) is 130 Å². The van der Waals surface area contributed by atoms with Crippen LogP contribution in [0.3, 0.4) is 0 Å². The molecule has 0 unspecified atom stereocenters. The molecule has 228 valence electrons. The number of pyridine rings is 1. The number of alkyl halides is 3. The van der Waals surface area contributed by atoms with Gasteiger partial charge in [-0.25, -0.2) is 8.42 Å². The summed E-state index contributed by atoms with van der Waals surface area (Å²) >= 11 is 0. The van der Waals surface area contributed by atoms with E-state index >= 15 is 0 Å². The van der Waals surface area contributed by atoms with Crippen molar-refractivity contribution in [3.63, 3.8) is 0 Å². The summed E-state index contributed by atoms with van der Waals surface area (Å²) in [5.41, 5.74) is 2.49. The molecular weight excluding hydrogens is 595 g/mol. The van der Waals surface area contributed by atoms with E-state index in [2.05, 4.69) is 25.2 Å². The van der Waals surface area contributed by atoms with Gasteiger partial charge in [-0.05, 0) is 78.7 Å². The Labute approximate surface area is 251 Å². The van der Waals surface area contributed by atoms with E-state index in [0.29, 0.717) is 36.3 Å². The summed E-state index contributed by atoms with van der Waals surface area (Å²) in [6, 6.07) is 21.2. The average molecular weight is 624 g/mol. The van der Waals surface area contributed by atoms with Crippen LogP contribution < -0.4 is 10.0 Å². The highest BCUT2D eigenvalue weighted by atomic mass is 32.2. The number of aliphatic hydroxyl groups is 1. The third kappa shape index (κ3) is 8.07. The first-order chi connectivity index (χ1) is 21.1. The SMILES string of the molecule is O=S(=O)(Nc1ccc(CCNC[C@H](O)c2cccnc2)cc1)c1ccc(-c2noc(Cc3ccc(C(F)(F)F)cc3)n2)cc1. The van der Waals surface area contributed by atoms with E-state index in [1.165, 1.54) is 24.3 Å². The molecule has 0 aliphatic heterocycles. The van der Waals surface area contributed by atoms with Crippen LogP contribution in [0.4, 0.5) is 18.9 Å². The van der Waals surface area contributed by atoms with E-state index in [0.717, 1.165) is 23.3 Å². The summed E-state index contributed by atoms with van der Waals surface area (Å²) in [6.07, 6.45) is -0.954. The molecule has 0 fully saturated rings. The Morgan fingerprint density at radius 1 is 0.909 bits per heavy atom. The second-order valence-electron chi connectivity index (χ2n) is 9.97. The maximum Gasteiger partial charge on any atom is 0.416 e. The van der Waals surface area contributed by atoms with E-state index < -0.39 is 27.9 Å². The number of hydrogen-bond acceptors (Lipinski definition) is 8. The molecule has 0 spiro atoms. The fourth-order valence-electron chi connectivity index (χ4n) is 4.33. The lowest BCUT2D eigenvalue weighted by Gasteiger charge is -2.12. The van der Waals surface area contributed by atoms with Gasteiger partial charge >= 0.3 is 6.18 Å². The number of nitrogens with zero attached hydrogens (tertiary/aromatic N) is 3. The summed E-state index contributed by atoms with van der Waals surface area (Å²) < 4.78 is 72.0. The fourth-order valence-corrected chi connectivity index (χ4v) is 5.39. The minimum absolute atomic E-state index is 0.0372. The molecule has 0 radical (unpaired) electrons.